The van der Waals surface area contributed by atoms with E-state index in [1.165, 1.54) is 0 Å². The maximum atomic E-state index is 9.13. The number of halogens is 2. The maximum Gasteiger partial charge on any atom is 0.114 e. The quantitative estimate of drug-likeness (QED) is 0.597. The van der Waals surface area contributed by atoms with Crippen LogP contribution in [-0.2, 0) is 4.74 Å². The van der Waals surface area contributed by atoms with E-state index in [1.54, 1.807) is 25.3 Å². The normalized spacial score (nSPS) is 11.7. The molecule has 0 heterocycles. The third kappa shape index (κ3) is 2.69. The highest BCUT2D eigenvalue weighted by Crippen LogP contribution is 2.29. The molecule has 2 nitrogen and oxygen atoms in total. The van der Waals surface area contributed by atoms with Crippen LogP contribution in [0.1, 0.15) is 18.9 Å². The van der Waals surface area contributed by atoms with Crippen molar-refractivity contribution in [1.29, 1.82) is 5.26 Å². The monoisotopic (exact) mass is 255 g/mol. The summed E-state index contributed by atoms with van der Waals surface area (Å²) in [5.74, 6) is 0.617. The second-order valence-electron chi connectivity index (χ2n) is 3.09. The highest BCUT2D eigenvalue weighted by atomic mass is 35.5. The number of nitriles is 1. The Bertz CT molecular complexity index is 455. The standard InChI is InChI=1S/C12H11Cl2NO/c1-3-12(16-2)10(7-15)9-5-4-8(13)6-11(9)14/h4-6H,3H2,1-2H3/b12-10-. The zero-order valence-electron chi connectivity index (χ0n) is 9.05. The summed E-state index contributed by atoms with van der Waals surface area (Å²) in [4.78, 5) is 0. The zero-order valence-corrected chi connectivity index (χ0v) is 10.6. The topological polar surface area (TPSA) is 33.0 Å². The highest BCUT2D eigenvalue weighted by Gasteiger charge is 2.12. The molecular formula is C12H11Cl2NO. The Kier molecular flexibility index (Phi) is 4.67. The molecule has 0 aliphatic rings. The van der Waals surface area contributed by atoms with Crippen LogP contribution in [0, 0.1) is 11.3 Å². The highest BCUT2D eigenvalue weighted by molar-refractivity contribution is 6.35. The first-order chi connectivity index (χ1) is 7.63. The van der Waals surface area contributed by atoms with Crippen molar-refractivity contribution in [2.75, 3.05) is 7.11 Å². The molecular weight excluding hydrogens is 245 g/mol. The van der Waals surface area contributed by atoms with E-state index in [0.29, 0.717) is 33.4 Å². The molecule has 0 saturated heterocycles. The fraction of sp³-hybridized carbons (Fsp3) is 0.250. The van der Waals surface area contributed by atoms with Gasteiger partial charge in [0.1, 0.15) is 11.8 Å². The molecule has 16 heavy (non-hydrogen) atoms. The van der Waals surface area contributed by atoms with Gasteiger partial charge in [0.05, 0.1) is 17.7 Å². The Hall–Kier alpha value is -1.17. The first-order valence-electron chi connectivity index (χ1n) is 4.76. The molecule has 0 spiro atoms. The molecule has 1 aromatic rings. The minimum Gasteiger partial charge on any atom is -0.500 e. The van der Waals surface area contributed by atoms with Crippen LogP contribution < -0.4 is 0 Å². The summed E-state index contributed by atoms with van der Waals surface area (Å²) in [5, 5.41) is 10.1. The Morgan fingerprint density at radius 3 is 2.56 bits per heavy atom. The number of methoxy groups -OCH3 is 1. The van der Waals surface area contributed by atoms with Crippen molar-refractivity contribution < 1.29 is 4.74 Å². The molecule has 0 aromatic heterocycles. The number of hydrogen-bond acceptors (Lipinski definition) is 2. The van der Waals surface area contributed by atoms with Crippen LogP contribution in [0.5, 0.6) is 0 Å². The molecule has 0 amide bonds. The van der Waals surface area contributed by atoms with Crippen LogP contribution in [0.25, 0.3) is 5.57 Å². The molecule has 1 rings (SSSR count). The molecule has 0 aliphatic carbocycles. The number of rotatable bonds is 3. The van der Waals surface area contributed by atoms with Crippen molar-refractivity contribution in [3.05, 3.63) is 39.6 Å². The largest absolute Gasteiger partial charge is 0.500 e. The molecule has 0 fully saturated rings. The summed E-state index contributed by atoms with van der Waals surface area (Å²) in [6.07, 6.45) is 0.637. The van der Waals surface area contributed by atoms with Gasteiger partial charge in [-0.25, -0.2) is 0 Å². The van der Waals surface area contributed by atoms with Crippen LogP contribution in [0.2, 0.25) is 10.0 Å². The third-order valence-electron chi connectivity index (χ3n) is 2.16. The molecule has 1 aromatic carbocycles. The molecule has 0 atom stereocenters. The lowest BCUT2D eigenvalue weighted by Gasteiger charge is -2.08. The van der Waals surface area contributed by atoms with Crippen LogP contribution in [0.4, 0.5) is 0 Å². The fourth-order valence-corrected chi connectivity index (χ4v) is 1.89. The first kappa shape index (κ1) is 12.9. The molecule has 0 saturated carbocycles. The van der Waals surface area contributed by atoms with Crippen LogP contribution in [0.15, 0.2) is 24.0 Å². The Morgan fingerprint density at radius 1 is 1.44 bits per heavy atom. The summed E-state index contributed by atoms with van der Waals surface area (Å²) in [7, 11) is 1.54. The zero-order chi connectivity index (χ0) is 12.1. The van der Waals surface area contributed by atoms with E-state index in [4.69, 9.17) is 33.2 Å². The van der Waals surface area contributed by atoms with Crippen molar-refractivity contribution in [3.63, 3.8) is 0 Å². The molecule has 0 aliphatic heterocycles. The van der Waals surface area contributed by atoms with E-state index in [2.05, 4.69) is 6.07 Å². The predicted octanol–water partition coefficient (Wildman–Crippen LogP) is 4.28. The van der Waals surface area contributed by atoms with Gasteiger partial charge in [-0.3, -0.25) is 0 Å². The summed E-state index contributed by atoms with van der Waals surface area (Å²) >= 11 is 11.8. The molecule has 0 radical (unpaired) electrons. The minimum absolute atomic E-state index is 0.451. The van der Waals surface area contributed by atoms with Crippen LogP contribution in [0.3, 0.4) is 0 Å². The van der Waals surface area contributed by atoms with Crippen LogP contribution in [-0.4, -0.2) is 7.11 Å². The van der Waals surface area contributed by atoms with Crippen molar-refractivity contribution in [2.24, 2.45) is 0 Å². The predicted molar refractivity (Wildman–Crippen MR) is 66.3 cm³/mol. The van der Waals surface area contributed by atoms with Crippen molar-refractivity contribution in [1.82, 2.24) is 0 Å². The third-order valence-corrected chi connectivity index (χ3v) is 2.71. The van der Waals surface area contributed by atoms with Gasteiger partial charge in [-0.15, -0.1) is 0 Å². The Morgan fingerprint density at radius 2 is 2.12 bits per heavy atom. The van der Waals surface area contributed by atoms with Crippen molar-refractivity contribution >= 4 is 28.8 Å². The lowest BCUT2D eigenvalue weighted by molar-refractivity contribution is 0.283. The molecule has 0 unspecified atom stereocenters. The number of benzene rings is 1. The van der Waals surface area contributed by atoms with E-state index in [0.717, 1.165) is 0 Å². The van der Waals surface area contributed by atoms with E-state index >= 15 is 0 Å². The molecule has 84 valence electrons. The van der Waals surface area contributed by atoms with Crippen molar-refractivity contribution in [2.45, 2.75) is 13.3 Å². The Balaban J connectivity index is 3.36. The summed E-state index contributed by atoms with van der Waals surface area (Å²) < 4.78 is 5.16. The van der Waals surface area contributed by atoms with Gasteiger partial charge < -0.3 is 4.74 Å². The molecule has 0 N–H and O–H groups in total. The maximum absolute atomic E-state index is 9.13. The van der Waals surface area contributed by atoms with Gasteiger partial charge in [-0.1, -0.05) is 36.2 Å². The SMILES string of the molecule is CC/C(OC)=C(\C#N)c1ccc(Cl)cc1Cl. The summed E-state index contributed by atoms with van der Waals surface area (Å²) in [6.45, 7) is 1.92. The fourth-order valence-electron chi connectivity index (χ4n) is 1.39. The van der Waals surface area contributed by atoms with Gasteiger partial charge in [0.15, 0.2) is 0 Å². The van der Waals surface area contributed by atoms with Gasteiger partial charge in [0.25, 0.3) is 0 Å². The number of ether oxygens (including phenoxy) is 1. The van der Waals surface area contributed by atoms with Gasteiger partial charge in [-0.05, 0) is 12.1 Å². The van der Waals surface area contributed by atoms with Gasteiger partial charge in [-0.2, -0.15) is 5.26 Å². The van der Waals surface area contributed by atoms with E-state index in [9.17, 15) is 0 Å². The number of hydrogen-bond donors (Lipinski definition) is 0. The molecule has 0 bridgehead atoms. The van der Waals surface area contributed by atoms with Crippen LogP contribution >= 0.6 is 23.2 Å². The molecule has 4 heteroatoms. The summed E-state index contributed by atoms with van der Waals surface area (Å²) in [6, 6.07) is 7.14. The smallest absolute Gasteiger partial charge is 0.114 e. The average molecular weight is 256 g/mol. The first-order valence-corrected chi connectivity index (χ1v) is 5.52. The minimum atomic E-state index is 0.451. The van der Waals surface area contributed by atoms with Gasteiger partial charge >= 0.3 is 0 Å². The number of nitrogens with zero attached hydrogens (tertiary/aromatic N) is 1. The Labute approximate surface area is 105 Å². The van der Waals surface area contributed by atoms with E-state index < -0.39 is 0 Å². The lowest BCUT2D eigenvalue weighted by Crippen LogP contribution is -1.93. The lowest BCUT2D eigenvalue weighted by atomic mass is 10.0. The van der Waals surface area contributed by atoms with Crippen molar-refractivity contribution in [3.8, 4) is 6.07 Å². The van der Waals surface area contributed by atoms with Gasteiger partial charge in [0, 0.05) is 17.0 Å². The van der Waals surface area contributed by atoms with E-state index in [-0.39, 0.29) is 0 Å². The second-order valence-corrected chi connectivity index (χ2v) is 3.94. The second kappa shape index (κ2) is 5.79. The number of allylic oxidation sites excluding steroid dienone is 2. The average Bonchev–Trinajstić information content (AvgIpc) is 2.27. The summed E-state index contributed by atoms with van der Waals surface area (Å²) in [5.41, 5.74) is 1.10. The van der Waals surface area contributed by atoms with Gasteiger partial charge in [0.2, 0.25) is 0 Å². The van der Waals surface area contributed by atoms with E-state index in [1.807, 2.05) is 6.92 Å².